The van der Waals surface area contributed by atoms with E-state index in [0.29, 0.717) is 12.2 Å². The first-order chi connectivity index (χ1) is 13.6. The summed E-state index contributed by atoms with van der Waals surface area (Å²) >= 11 is 0. The molecule has 0 fully saturated rings. The van der Waals surface area contributed by atoms with Gasteiger partial charge < -0.3 is 5.32 Å². The Hall–Kier alpha value is -3.10. The molecule has 0 aliphatic carbocycles. The van der Waals surface area contributed by atoms with E-state index in [4.69, 9.17) is 0 Å². The summed E-state index contributed by atoms with van der Waals surface area (Å²) in [6, 6.07) is 8.37. The predicted molar refractivity (Wildman–Crippen MR) is 103 cm³/mol. The lowest BCUT2D eigenvalue weighted by Gasteiger charge is -2.15. The molecule has 1 N–H and O–H groups in total. The molecular weight excluding hydrogens is 383 g/mol. The second kappa shape index (κ2) is 7.73. The van der Waals surface area contributed by atoms with Crippen molar-refractivity contribution < 1.29 is 18.0 Å². The molecule has 0 radical (unpaired) electrons. The van der Waals surface area contributed by atoms with Gasteiger partial charge in [-0.15, -0.1) is 0 Å². The standard InChI is InChI=1S/C20H22F3N5O/c1-12(2)28-18(20(21,22)23)17(10-24-28)19(29)25-16-7-5-6-15(9-16)11-27-14(4)8-13(3)26-27/h5-10,12H,11H2,1-4H3,(H,25,29). The molecule has 0 aliphatic rings. The van der Waals surface area contributed by atoms with E-state index in [0.717, 1.165) is 27.8 Å². The van der Waals surface area contributed by atoms with Crippen molar-refractivity contribution in [2.45, 2.75) is 46.5 Å². The van der Waals surface area contributed by atoms with Gasteiger partial charge in [-0.2, -0.15) is 23.4 Å². The Kier molecular flexibility index (Phi) is 5.50. The van der Waals surface area contributed by atoms with E-state index in [2.05, 4.69) is 15.5 Å². The van der Waals surface area contributed by atoms with E-state index in [1.54, 1.807) is 32.0 Å². The van der Waals surface area contributed by atoms with Crippen LogP contribution in [0.2, 0.25) is 0 Å². The Morgan fingerprint density at radius 2 is 1.93 bits per heavy atom. The maximum absolute atomic E-state index is 13.5. The topological polar surface area (TPSA) is 64.7 Å². The summed E-state index contributed by atoms with van der Waals surface area (Å²) in [4.78, 5) is 12.6. The molecule has 2 aromatic heterocycles. The first-order valence-corrected chi connectivity index (χ1v) is 9.12. The number of benzene rings is 1. The van der Waals surface area contributed by atoms with Gasteiger partial charge in [0.05, 0.1) is 24.0 Å². The van der Waals surface area contributed by atoms with E-state index >= 15 is 0 Å². The normalized spacial score (nSPS) is 11.9. The van der Waals surface area contributed by atoms with Gasteiger partial charge in [0.25, 0.3) is 5.91 Å². The number of aryl methyl sites for hydroxylation is 2. The Bertz CT molecular complexity index is 1030. The largest absolute Gasteiger partial charge is 0.433 e. The average Bonchev–Trinajstić information content (AvgIpc) is 3.19. The van der Waals surface area contributed by atoms with Gasteiger partial charge >= 0.3 is 6.18 Å². The third-order valence-electron chi connectivity index (χ3n) is 4.42. The van der Waals surface area contributed by atoms with Gasteiger partial charge in [-0.25, -0.2) is 0 Å². The zero-order chi connectivity index (χ0) is 21.3. The molecule has 3 aromatic rings. The van der Waals surface area contributed by atoms with E-state index in [9.17, 15) is 18.0 Å². The molecule has 3 rings (SSSR count). The third-order valence-corrected chi connectivity index (χ3v) is 4.42. The van der Waals surface area contributed by atoms with E-state index in [1.165, 1.54) is 0 Å². The monoisotopic (exact) mass is 405 g/mol. The molecule has 0 saturated carbocycles. The van der Waals surface area contributed by atoms with Gasteiger partial charge in [0.2, 0.25) is 0 Å². The zero-order valence-corrected chi connectivity index (χ0v) is 16.6. The first-order valence-electron chi connectivity index (χ1n) is 9.12. The second-order valence-corrected chi connectivity index (χ2v) is 7.18. The highest BCUT2D eigenvalue weighted by Gasteiger charge is 2.40. The number of nitrogens with one attached hydrogen (secondary N) is 1. The van der Waals surface area contributed by atoms with Gasteiger partial charge in [0.15, 0.2) is 5.69 Å². The van der Waals surface area contributed by atoms with E-state index in [-0.39, 0.29) is 0 Å². The van der Waals surface area contributed by atoms with Crippen molar-refractivity contribution in [1.82, 2.24) is 19.6 Å². The molecule has 1 amide bonds. The summed E-state index contributed by atoms with van der Waals surface area (Å²) in [5, 5.41) is 10.7. The summed E-state index contributed by atoms with van der Waals surface area (Å²) in [5.41, 5.74) is 1.60. The van der Waals surface area contributed by atoms with Crippen molar-refractivity contribution in [3.63, 3.8) is 0 Å². The smallest absolute Gasteiger partial charge is 0.322 e. The molecule has 29 heavy (non-hydrogen) atoms. The maximum Gasteiger partial charge on any atom is 0.433 e. The van der Waals surface area contributed by atoms with Crippen molar-refractivity contribution in [2.24, 2.45) is 0 Å². The summed E-state index contributed by atoms with van der Waals surface area (Å²) < 4.78 is 43.1. The van der Waals surface area contributed by atoms with Crippen LogP contribution in [0.5, 0.6) is 0 Å². The van der Waals surface area contributed by atoms with Crippen LogP contribution in [0.15, 0.2) is 36.5 Å². The molecule has 0 unspecified atom stereocenters. The van der Waals surface area contributed by atoms with Crippen LogP contribution in [0.25, 0.3) is 0 Å². The van der Waals surface area contributed by atoms with Crippen LogP contribution in [-0.2, 0) is 12.7 Å². The number of halogens is 3. The number of carbonyl (C=O) groups excluding carboxylic acids is 1. The molecule has 0 atom stereocenters. The number of aromatic nitrogens is 4. The van der Waals surface area contributed by atoms with Gasteiger partial charge in [0, 0.05) is 17.4 Å². The molecule has 0 spiro atoms. The third kappa shape index (κ3) is 4.49. The summed E-state index contributed by atoms with van der Waals surface area (Å²) in [6.45, 7) is 7.48. The van der Waals surface area contributed by atoms with Crippen LogP contribution in [0, 0.1) is 13.8 Å². The Labute approximate surface area is 166 Å². The first kappa shape index (κ1) is 20.6. The Balaban J connectivity index is 1.84. The molecule has 9 heteroatoms. The number of amides is 1. The number of carbonyl (C=O) groups is 1. The van der Waals surface area contributed by atoms with Gasteiger partial charge in [-0.05, 0) is 51.5 Å². The summed E-state index contributed by atoms with van der Waals surface area (Å²) in [6.07, 6.45) is -3.73. The molecular formula is C20H22F3N5O. The lowest BCUT2D eigenvalue weighted by atomic mass is 10.1. The quantitative estimate of drug-likeness (QED) is 0.675. The number of hydrogen-bond acceptors (Lipinski definition) is 3. The van der Waals surface area contributed by atoms with Crippen LogP contribution in [-0.4, -0.2) is 25.5 Å². The molecule has 6 nitrogen and oxygen atoms in total. The van der Waals surface area contributed by atoms with Gasteiger partial charge in [-0.1, -0.05) is 12.1 Å². The number of hydrogen-bond donors (Lipinski definition) is 1. The molecule has 1 aromatic carbocycles. The van der Waals surface area contributed by atoms with Crippen LogP contribution < -0.4 is 5.32 Å². The number of anilines is 1. The minimum Gasteiger partial charge on any atom is -0.322 e. The van der Waals surface area contributed by atoms with Gasteiger partial charge in [-0.3, -0.25) is 14.2 Å². The maximum atomic E-state index is 13.5. The van der Waals surface area contributed by atoms with E-state index in [1.807, 2.05) is 30.7 Å². The Morgan fingerprint density at radius 1 is 1.21 bits per heavy atom. The van der Waals surface area contributed by atoms with Crippen molar-refractivity contribution in [3.05, 3.63) is 64.7 Å². The van der Waals surface area contributed by atoms with Crippen LogP contribution >= 0.6 is 0 Å². The van der Waals surface area contributed by atoms with Crippen molar-refractivity contribution in [1.29, 1.82) is 0 Å². The Morgan fingerprint density at radius 3 is 2.52 bits per heavy atom. The van der Waals surface area contributed by atoms with E-state index < -0.39 is 29.4 Å². The number of rotatable bonds is 5. The summed E-state index contributed by atoms with van der Waals surface area (Å²) in [5.74, 6) is -0.854. The lowest BCUT2D eigenvalue weighted by Crippen LogP contribution is -2.22. The highest BCUT2D eigenvalue weighted by atomic mass is 19.4. The fraction of sp³-hybridized carbons (Fsp3) is 0.350. The highest BCUT2D eigenvalue weighted by molar-refractivity contribution is 6.05. The van der Waals surface area contributed by atoms with Crippen LogP contribution in [0.1, 0.15) is 52.9 Å². The van der Waals surface area contributed by atoms with Crippen molar-refractivity contribution in [2.75, 3.05) is 5.32 Å². The zero-order valence-electron chi connectivity index (χ0n) is 16.6. The SMILES string of the molecule is Cc1cc(C)n(Cc2cccc(NC(=O)c3cnn(C(C)C)c3C(F)(F)F)c2)n1. The molecule has 154 valence electrons. The minimum atomic E-state index is -4.69. The summed E-state index contributed by atoms with van der Waals surface area (Å²) in [7, 11) is 0. The molecule has 0 aliphatic heterocycles. The van der Waals surface area contributed by atoms with Gasteiger partial charge in [0.1, 0.15) is 0 Å². The number of nitrogens with zero attached hydrogens (tertiary/aromatic N) is 4. The second-order valence-electron chi connectivity index (χ2n) is 7.18. The molecule has 0 bridgehead atoms. The fourth-order valence-electron chi connectivity index (χ4n) is 3.16. The highest BCUT2D eigenvalue weighted by Crippen LogP contribution is 2.34. The van der Waals surface area contributed by atoms with Crippen molar-refractivity contribution >= 4 is 11.6 Å². The lowest BCUT2D eigenvalue weighted by molar-refractivity contribution is -0.145. The predicted octanol–water partition coefficient (Wildman–Crippen LogP) is 4.60. The van der Waals surface area contributed by atoms with Crippen LogP contribution in [0.3, 0.4) is 0 Å². The number of alkyl halides is 3. The molecule has 2 heterocycles. The fourth-order valence-corrected chi connectivity index (χ4v) is 3.16. The molecule has 0 saturated heterocycles. The minimum absolute atomic E-state index is 0.402. The van der Waals surface area contributed by atoms with Crippen molar-refractivity contribution in [3.8, 4) is 0 Å². The van der Waals surface area contributed by atoms with Crippen LogP contribution in [0.4, 0.5) is 18.9 Å². The average molecular weight is 405 g/mol.